The zero-order valence-electron chi connectivity index (χ0n) is 12.5. The minimum atomic E-state index is -0.222. The number of halogens is 1. The Morgan fingerprint density at radius 3 is 3.04 bits per heavy atom. The summed E-state index contributed by atoms with van der Waals surface area (Å²) in [6, 6.07) is 9.34. The Hall–Kier alpha value is -1.99. The standard InChI is InChI=1S/C16H17BrN4O2/c17-11-3-1-4-12(7-11)21-15-8-14(19-10-20-15)16(22)18-9-13-5-2-6-23-13/h1,3-4,7-8,10,13H,2,5-6,9H2,(H,18,22)(H,19,20,21). The van der Waals surface area contributed by atoms with Crippen molar-refractivity contribution in [2.24, 2.45) is 0 Å². The van der Waals surface area contributed by atoms with Crippen molar-refractivity contribution >= 4 is 33.3 Å². The molecule has 7 heteroatoms. The minimum absolute atomic E-state index is 0.111. The second kappa shape index (κ2) is 7.52. The number of nitrogens with one attached hydrogen (secondary N) is 2. The van der Waals surface area contributed by atoms with Gasteiger partial charge in [0, 0.05) is 29.4 Å². The molecule has 1 fully saturated rings. The fraction of sp³-hybridized carbons (Fsp3) is 0.312. The highest BCUT2D eigenvalue weighted by Gasteiger charge is 2.17. The van der Waals surface area contributed by atoms with Crippen molar-refractivity contribution in [3.8, 4) is 0 Å². The first kappa shape index (κ1) is 15.9. The van der Waals surface area contributed by atoms with Crippen LogP contribution in [0.25, 0.3) is 0 Å². The van der Waals surface area contributed by atoms with Crippen molar-refractivity contribution in [1.29, 1.82) is 0 Å². The Morgan fingerprint density at radius 2 is 2.26 bits per heavy atom. The monoisotopic (exact) mass is 376 g/mol. The molecule has 120 valence electrons. The zero-order valence-corrected chi connectivity index (χ0v) is 14.0. The van der Waals surface area contributed by atoms with Gasteiger partial charge in [-0.15, -0.1) is 0 Å². The van der Waals surface area contributed by atoms with Crippen LogP contribution in [0.1, 0.15) is 23.3 Å². The maximum absolute atomic E-state index is 12.2. The normalized spacial score (nSPS) is 17.0. The van der Waals surface area contributed by atoms with Crippen LogP contribution in [-0.4, -0.2) is 35.1 Å². The smallest absolute Gasteiger partial charge is 0.270 e. The predicted octanol–water partition coefficient (Wildman–Crippen LogP) is 2.89. The molecule has 3 rings (SSSR count). The van der Waals surface area contributed by atoms with Gasteiger partial charge in [0.05, 0.1) is 6.10 Å². The Bertz CT molecular complexity index is 689. The number of hydrogen-bond acceptors (Lipinski definition) is 5. The lowest BCUT2D eigenvalue weighted by molar-refractivity contribution is 0.0853. The molecular formula is C16H17BrN4O2. The van der Waals surface area contributed by atoms with E-state index in [9.17, 15) is 4.79 Å². The molecule has 23 heavy (non-hydrogen) atoms. The highest BCUT2D eigenvalue weighted by molar-refractivity contribution is 9.10. The van der Waals surface area contributed by atoms with Crippen LogP contribution < -0.4 is 10.6 Å². The van der Waals surface area contributed by atoms with E-state index >= 15 is 0 Å². The summed E-state index contributed by atoms with van der Waals surface area (Å²) in [5, 5.41) is 6.00. The van der Waals surface area contributed by atoms with Crippen LogP contribution >= 0.6 is 15.9 Å². The van der Waals surface area contributed by atoms with Crippen molar-refractivity contribution < 1.29 is 9.53 Å². The Kier molecular flexibility index (Phi) is 5.19. The van der Waals surface area contributed by atoms with Crippen LogP contribution in [-0.2, 0) is 4.74 Å². The van der Waals surface area contributed by atoms with Crippen molar-refractivity contribution in [2.45, 2.75) is 18.9 Å². The number of nitrogens with zero attached hydrogens (tertiary/aromatic N) is 2. The van der Waals surface area contributed by atoms with Gasteiger partial charge >= 0.3 is 0 Å². The molecule has 0 aliphatic carbocycles. The molecule has 1 aliphatic heterocycles. The summed E-state index contributed by atoms with van der Waals surface area (Å²) in [4.78, 5) is 20.3. The SMILES string of the molecule is O=C(NCC1CCCO1)c1cc(Nc2cccc(Br)c2)ncn1. The average molecular weight is 377 g/mol. The third-order valence-electron chi connectivity index (χ3n) is 3.51. The molecule has 1 aliphatic rings. The van der Waals surface area contributed by atoms with E-state index in [1.54, 1.807) is 6.07 Å². The molecule has 0 radical (unpaired) electrons. The van der Waals surface area contributed by atoms with Crippen LogP contribution in [0.3, 0.4) is 0 Å². The topological polar surface area (TPSA) is 76.1 Å². The maximum atomic E-state index is 12.2. The fourth-order valence-corrected chi connectivity index (χ4v) is 2.77. The minimum Gasteiger partial charge on any atom is -0.376 e. The zero-order chi connectivity index (χ0) is 16.1. The first-order valence-corrected chi connectivity index (χ1v) is 8.24. The Labute approximate surface area is 142 Å². The number of anilines is 2. The van der Waals surface area contributed by atoms with E-state index in [1.807, 2.05) is 24.3 Å². The molecule has 0 bridgehead atoms. The average Bonchev–Trinajstić information content (AvgIpc) is 3.06. The van der Waals surface area contributed by atoms with E-state index < -0.39 is 0 Å². The molecule has 1 atom stereocenters. The lowest BCUT2D eigenvalue weighted by atomic mass is 10.2. The maximum Gasteiger partial charge on any atom is 0.270 e. The van der Waals surface area contributed by atoms with Gasteiger partial charge in [-0.2, -0.15) is 0 Å². The number of carbonyl (C=O) groups excluding carboxylic acids is 1. The van der Waals surface area contributed by atoms with E-state index in [0.717, 1.165) is 29.6 Å². The van der Waals surface area contributed by atoms with Gasteiger partial charge in [-0.1, -0.05) is 22.0 Å². The molecule has 2 heterocycles. The Balaban J connectivity index is 1.63. The van der Waals surface area contributed by atoms with E-state index in [0.29, 0.717) is 18.1 Å². The molecule has 1 saturated heterocycles. The van der Waals surface area contributed by atoms with Gasteiger partial charge in [-0.05, 0) is 31.0 Å². The Morgan fingerprint density at radius 1 is 1.35 bits per heavy atom. The van der Waals surface area contributed by atoms with Crippen molar-refractivity contribution in [3.05, 3.63) is 46.8 Å². The van der Waals surface area contributed by atoms with Gasteiger partial charge in [-0.25, -0.2) is 9.97 Å². The van der Waals surface area contributed by atoms with Gasteiger partial charge in [0.25, 0.3) is 5.91 Å². The summed E-state index contributed by atoms with van der Waals surface area (Å²) in [7, 11) is 0. The second-order valence-electron chi connectivity index (χ2n) is 5.27. The molecule has 2 N–H and O–H groups in total. The van der Waals surface area contributed by atoms with Crippen LogP contribution in [0.2, 0.25) is 0 Å². The number of ether oxygens (including phenoxy) is 1. The van der Waals surface area contributed by atoms with Gasteiger partial charge < -0.3 is 15.4 Å². The summed E-state index contributed by atoms with van der Waals surface area (Å²) >= 11 is 3.42. The van der Waals surface area contributed by atoms with Crippen LogP contribution in [0.5, 0.6) is 0 Å². The highest BCUT2D eigenvalue weighted by Crippen LogP contribution is 2.19. The molecule has 1 aromatic carbocycles. The van der Waals surface area contributed by atoms with Crippen LogP contribution in [0, 0.1) is 0 Å². The van der Waals surface area contributed by atoms with Crippen molar-refractivity contribution in [3.63, 3.8) is 0 Å². The van der Waals surface area contributed by atoms with Gasteiger partial charge in [0.15, 0.2) is 0 Å². The number of benzene rings is 1. The number of rotatable bonds is 5. The summed E-state index contributed by atoms with van der Waals surface area (Å²) in [5.74, 6) is 0.348. The number of aromatic nitrogens is 2. The van der Waals surface area contributed by atoms with Gasteiger partial charge in [0.1, 0.15) is 17.8 Å². The second-order valence-corrected chi connectivity index (χ2v) is 6.18. The first-order chi connectivity index (χ1) is 11.2. The summed E-state index contributed by atoms with van der Waals surface area (Å²) in [6.45, 7) is 1.28. The number of hydrogen-bond donors (Lipinski definition) is 2. The molecule has 1 amide bonds. The van der Waals surface area contributed by atoms with Crippen molar-refractivity contribution in [1.82, 2.24) is 15.3 Å². The predicted molar refractivity (Wildman–Crippen MR) is 90.8 cm³/mol. The summed E-state index contributed by atoms with van der Waals surface area (Å²) in [6.07, 6.45) is 3.52. The van der Waals surface area contributed by atoms with E-state index in [-0.39, 0.29) is 12.0 Å². The number of amides is 1. The quantitative estimate of drug-likeness (QED) is 0.838. The third kappa shape index (κ3) is 4.49. The fourth-order valence-electron chi connectivity index (χ4n) is 2.37. The molecule has 6 nitrogen and oxygen atoms in total. The molecule has 2 aromatic rings. The van der Waals surface area contributed by atoms with E-state index in [4.69, 9.17) is 4.74 Å². The molecule has 0 spiro atoms. The summed E-state index contributed by atoms with van der Waals surface area (Å²) in [5.41, 5.74) is 1.21. The highest BCUT2D eigenvalue weighted by atomic mass is 79.9. The van der Waals surface area contributed by atoms with Crippen LogP contribution in [0.4, 0.5) is 11.5 Å². The van der Waals surface area contributed by atoms with Crippen molar-refractivity contribution in [2.75, 3.05) is 18.5 Å². The van der Waals surface area contributed by atoms with Gasteiger partial charge in [0.2, 0.25) is 0 Å². The largest absolute Gasteiger partial charge is 0.376 e. The lowest BCUT2D eigenvalue weighted by Gasteiger charge is -2.11. The van der Waals surface area contributed by atoms with Gasteiger partial charge in [-0.3, -0.25) is 4.79 Å². The molecule has 1 aromatic heterocycles. The molecule has 1 unspecified atom stereocenters. The lowest BCUT2D eigenvalue weighted by Crippen LogP contribution is -2.32. The van der Waals surface area contributed by atoms with Crippen LogP contribution in [0.15, 0.2) is 41.1 Å². The number of carbonyl (C=O) groups is 1. The first-order valence-electron chi connectivity index (χ1n) is 7.45. The summed E-state index contributed by atoms with van der Waals surface area (Å²) < 4.78 is 6.45. The molecular weight excluding hydrogens is 360 g/mol. The third-order valence-corrected chi connectivity index (χ3v) is 4.00. The molecule has 0 saturated carbocycles. The van der Waals surface area contributed by atoms with E-state index in [2.05, 4.69) is 36.5 Å². The van der Waals surface area contributed by atoms with E-state index in [1.165, 1.54) is 6.33 Å².